The number of carbonyl (C=O) groups is 4. The van der Waals surface area contributed by atoms with Crippen LogP contribution >= 0.6 is 0 Å². The summed E-state index contributed by atoms with van der Waals surface area (Å²) in [7, 11) is 0. The second-order valence-electron chi connectivity index (χ2n) is 3.15. The molecule has 0 unspecified atom stereocenters. The minimum atomic E-state index is -0.833. The average molecular weight is 314 g/mol. The van der Waals surface area contributed by atoms with E-state index in [-0.39, 0.29) is 6.17 Å². The van der Waals surface area contributed by atoms with E-state index < -0.39 is 23.9 Å². The second kappa shape index (κ2) is 26.4. The van der Waals surface area contributed by atoms with Crippen LogP contribution in [0.5, 0.6) is 0 Å². The third-order valence-electron chi connectivity index (χ3n) is 0.471. The molecule has 21 heavy (non-hydrogen) atoms. The zero-order valence-electron chi connectivity index (χ0n) is 12.9. The fraction of sp³-hybridized carbons (Fsp3) is 0.636. The Bertz CT molecular complexity index is 215. The quantitative estimate of drug-likeness (QED) is 0.357. The van der Waals surface area contributed by atoms with Crippen LogP contribution in [0, 0.1) is 0 Å². The van der Waals surface area contributed by atoms with E-state index in [1.165, 1.54) is 0 Å². The molecule has 0 radical (unpaired) electrons. The molecular weight excluding hydrogens is 288 g/mol. The summed E-state index contributed by atoms with van der Waals surface area (Å²) in [6.45, 7) is 6.28. The summed E-state index contributed by atoms with van der Waals surface area (Å²) in [6.07, 6.45) is 0.745. The van der Waals surface area contributed by atoms with Crippen molar-refractivity contribution < 1.29 is 39.6 Å². The Morgan fingerprint density at radius 3 is 0.762 bits per heavy atom. The highest BCUT2D eigenvalue weighted by atomic mass is 16.4. The number of aliphatic carboxylic acids is 4. The summed E-state index contributed by atoms with van der Waals surface area (Å²) < 4.78 is 0. The number of nitrogens with two attached hydrogens (primary N) is 2. The number of rotatable bonds is 1. The SMILES string of the molecule is CC(=O)O.CC(=O)O.CC(=O)O.CC(=O)O.CCC(N)N. The molecule has 0 bridgehead atoms. The summed E-state index contributed by atoms with van der Waals surface area (Å²) in [5.74, 6) is -3.33. The van der Waals surface area contributed by atoms with Crippen molar-refractivity contribution in [2.75, 3.05) is 0 Å². The van der Waals surface area contributed by atoms with E-state index in [9.17, 15) is 0 Å². The van der Waals surface area contributed by atoms with Crippen LogP contribution in [0.2, 0.25) is 0 Å². The maximum Gasteiger partial charge on any atom is 0.300 e. The molecule has 0 heterocycles. The Balaban J connectivity index is -0.0000000510. The second-order valence-corrected chi connectivity index (χ2v) is 3.15. The van der Waals surface area contributed by atoms with Crippen LogP contribution < -0.4 is 11.5 Å². The molecule has 0 spiro atoms. The van der Waals surface area contributed by atoms with Gasteiger partial charge >= 0.3 is 0 Å². The van der Waals surface area contributed by atoms with E-state index in [1.54, 1.807) is 0 Å². The molecule has 0 aromatic heterocycles. The predicted octanol–water partition coefficient (Wildman–Crippen LogP) is 0.00350. The van der Waals surface area contributed by atoms with Gasteiger partial charge in [-0.2, -0.15) is 0 Å². The van der Waals surface area contributed by atoms with Crippen molar-refractivity contribution in [3.8, 4) is 0 Å². The number of hydrogen-bond donors (Lipinski definition) is 6. The van der Waals surface area contributed by atoms with Crippen molar-refractivity contribution in [3.63, 3.8) is 0 Å². The molecule has 10 nitrogen and oxygen atoms in total. The first-order valence-electron chi connectivity index (χ1n) is 5.49. The van der Waals surface area contributed by atoms with Crippen LogP contribution in [-0.2, 0) is 19.2 Å². The van der Waals surface area contributed by atoms with E-state index >= 15 is 0 Å². The van der Waals surface area contributed by atoms with Gasteiger partial charge in [0.05, 0.1) is 6.17 Å². The summed E-state index contributed by atoms with van der Waals surface area (Å²) in [5, 5.41) is 29.7. The van der Waals surface area contributed by atoms with E-state index in [2.05, 4.69) is 0 Å². The van der Waals surface area contributed by atoms with Crippen LogP contribution in [0.3, 0.4) is 0 Å². The normalized spacial score (nSPS) is 7.05. The Kier molecular flexibility index (Phi) is 39.3. The Morgan fingerprint density at radius 1 is 0.714 bits per heavy atom. The molecule has 0 rings (SSSR count). The van der Waals surface area contributed by atoms with Crippen molar-refractivity contribution in [1.29, 1.82) is 0 Å². The topological polar surface area (TPSA) is 201 Å². The van der Waals surface area contributed by atoms with E-state index in [4.69, 9.17) is 51.1 Å². The zero-order chi connectivity index (χ0) is 18.6. The van der Waals surface area contributed by atoms with Crippen molar-refractivity contribution in [3.05, 3.63) is 0 Å². The lowest BCUT2D eigenvalue weighted by molar-refractivity contribution is -0.135. The van der Waals surface area contributed by atoms with Crippen LogP contribution in [0.4, 0.5) is 0 Å². The molecule has 10 heteroatoms. The lowest BCUT2D eigenvalue weighted by Gasteiger charge is -1.92. The highest BCUT2D eigenvalue weighted by Crippen LogP contribution is 1.68. The Hall–Kier alpha value is -2.20. The third-order valence-corrected chi connectivity index (χ3v) is 0.471. The molecule has 0 aromatic rings. The van der Waals surface area contributed by atoms with Gasteiger partial charge in [-0.05, 0) is 6.42 Å². The first kappa shape index (κ1) is 31.3. The molecule has 8 N–H and O–H groups in total. The number of carboxylic acids is 4. The van der Waals surface area contributed by atoms with Crippen LogP contribution in [0.1, 0.15) is 41.0 Å². The molecule has 0 fully saturated rings. The van der Waals surface area contributed by atoms with Crippen molar-refractivity contribution >= 4 is 23.9 Å². The first-order chi connectivity index (χ1) is 9.20. The van der Waals surface area contributed by atoms with Gasteiger partial charge in [-0.3, -0.25) is 19.2 Å². The summed E-state index contributed by atoms with van der Waals surface area (Å²) >= 11 is 0. The lowest BCUT2D eigenvalue weighted by atomic mass is 10.4. The van der Waals surface area contributed by atoms with Gasteiger partial charge in [0.25, 0.3) is 23.9 Å². The van der Waals surface area contributed by atoms with Gasteiger partial charge in [0.2, 0.25) is 0 Å². The molecule has 0 aliphatic carbocycles. The van der Waals surface area contributed by atoms with E-state index in [0.717, 1.165) is 34.1 Å². The van der Waals surface area contributed by atoms with Gasteiger partial charge in [0.1, 0.15) is 0 Å². The van der Waals surface area contributed by atoms with Crippen LogP contribution in [0.25, 0.3) is 0 Å². The monoisotopic (exact) mass is 314 g/mol. The molecule has 0 amide bonds. The molecule has 0 atom stereocenters. The minimum absolute atomic E-state index is 0.116. The maximum absolute atomic E-state index is 9.00. The average Bonchev–Trinajstić information content (AvgIpc) is 2.13. The van der Waals surface area contributed by atoms with Crippen molar-refractivity contribution in [2.45, 2.75) is 47.2 Å². The van der Waals surface area contributed by atoms with Crippen LogP contribution in [-0.4, -0.2) is 50.5 Å². The van der Waals surface area contributed by atoms with Gasteiger partial charge in [-0.1, -0.05) is 6.92 Å². The Labute approximate surface area is 123 Å². The number of hydrogen-bond acceptors (Lipinski definition) is 6. The van der Waals surface area contributed by atoms with Gasteiger partial charge in [-0.15, -0.1) is 0 Å². The summed E-state index contributed by atoms with van der Waals surface area (Å²) in [6, 6.07) is 0. The fourth-order valence-corrected chi connectivity index (χ4v) is 0. The minimum Gasteiger partial charge on any atom is -0.481 e. The highest BCUT2D eigenvalue weighted by Gasteiger charge is 1.79. The molecule has 0 saturated heterocycles. The highest BCUT2D eigenvalue weighted by molar-refractivity contribution is 5.63. The summed E-state index contributed by atoms with van der Waals surface area (Å²) in [4.78, 5) is 36.0. The molecule has 0 aliphatic rings. The van der Waals surface area contributed by atoms with Gasteiger partial charge in [-0.25, -0.2) is 0 Å². The fourth-order valence-electron chi connectivity index (χ4n) is 0. The first-order valence-corrected chi connectivity index (χ1v) is 5.49. The molecule has 128 valence electrons. The van der Waals surface area contributed by atoms with Crippen molar-refractivity contribution in [1.82, 2.24) is 0 Å². The maximum atomic E-state index is 9.00. The van der Waals surface area contributed by atoms with Crippen molar-refractivity contribution in [2.24, 2.45) is 11.5 Å². The van der Waals surface area contributed by atoms with E-state index in [0.29, 0.717) is 0 Å². The predicted molar refractivity (Wildman–Crippen MR) is 75.7 cm³/mol. The molecule has 0 aromatic carbocycles. The smallest absolute Gasteiger partial charge is 0.300 e. The third kappa shape index (κ3) is 111000. The Morgan fingerprint density at radius 2 is 0.762 bits per heavy atom. The van der Waals surface area contributed by atoms with Gasteiger partial charge in [0.15, 0.2) is 0 Å². The van der Waals surface area contributed by atoms with Crippen LogP contribution in [0.15, 0.2) is 0 Å². The number of carboxylic acid groups (broad SMARTS) is 4. The lowest BCUT2D eigenvalue weighted by Crippen LogP contribution is -2.28. The zero-order valence-corrected chi connectivity index (χ0v) is 12.9. The standard InChI is InChI=1S/C3H10N2.4C2H4O2/c1-2-3(4)5;4*1-2(3)4/h3H,2,4-5H2,1H3;4*1H3,(H,3,4). The van der Waals surface area contributed by atoms with E-state index in [1.807, 2.05) is 6.92 Å². The summed E-state index contributed by atoms with van der Waals surface area (Å²) in [5.41, 5.74) is 10.1. The van der Waals surface area contributed by atoms with Gasteiger partial charge < -0.3 is 31.9 Å². The molecular formula is C11H26N2O8. The molecule has 0 saturated carbocycles. The van der Waals surface area contributed by atoms with Gasteiger partial charge in [0, 0.05) is 27.7 Å². The largest absolute Gasteiger partial charge is 0.481 e. The molecule has 0 aliphatic heterocycles.